The van der Waals surface area contributed by atoms with E-state index in [1.165, 1.54) is 11.2 Å². The van der Waals surface area contributed by atoms with Crippen molar-refractivity contribution in [1.29, 1.82) is 0 Å². The summed E-state index contributed by atoms with van der Waals surface area (Å²) in [6.45, 7) is 3.69. The number of hydrogen-bond acceptors (Lipinski definition) is 4. The summed E-state index contributed by atoms with van der Waals surface area (Å²) in [6.07, 6.45) is 1.56. The maximum absolute atomic E-state index is 12.0. The van der Waals surface area contributed by atoms with Crippen molar-refractivity contribution in [2.45, 2.75) is 45.1 Å². The summed E-state index contributed by atoms with van der Waals surface area (Å²) in [5.41, 5.74) is 0.268. The fourth-order valence-corrected chi connectivity index (χ4v) is 4.24. The van der Waals surface area contributed by atoms with Gasteiger partial charge < -0.3 is 10.4 Å². The van der Waals surface area contributed by atoms with Crippen molar-refractivity contribution in [3.8, 4) is 0 Å². The number of anilines is 1. The number of carboxylic acids is 1. The van der Waals surface area contributed by atoms with E-state index in [1.807, 2.05) is 0 Å². The van der Waals surface area contributed by atoms with Gasteiger partial charge in [0.25, 0.3) is 0 Å². The van der Waals surface area contributed by atoms with E-state index in [1.54, 1.807) is 31.2 Å². The number of carbonyl (C=O) groups excluding carboxylic acids is 1. The first kappa shape index (κ1) is 19.2. The molecule has 1 amide bonds. The van der Waals surface area contributed by atoms with Gasteiger partial charge in [-0.05, 0) is 43.9 Å². The Morgan fingerprint density at radius 2 is 1.92 bits per heavy atom. The average Bonchev–Trinajstić information content (AvgIpc) is 2.92. The quantitative estimate of drug-likeness (QED) is 0.759. The van der Waals surface area contributed by atoms with E-state index < -0.39 is 21.5 Å². The zero-order chi connectivity index (χ0) is 18.7. The first-order valence-corrected chi connectivity index (χ1v) is 9.92. The molecule has 0 spiro atoms. The van der Waals surface area contributed by atoms with E-state index in [2.05, 4.69) is 5.32 Å². The lowest BCUT2D eigenvalue weighted by molar-refractivity contribution is -0.147. The Morgan fingerprint density at radius 1 is 1.28 bits per heavy atom. The van der Waals surface area contributed by atoms with E-state index in [0.717, 1.165) is 5.56 Å². The van der Waals surface area contributed by atoms with Crippen LogP contribution in [0.15, 0.2) is 24.3 Å². The van der Waals surface area contributed by atoms with Gasteiger partial charge in [-0.2, -0.15) is 0 Å². The lowest BCUT2D eigenvalue weighted by Gasteiger charge is -2.24. The largest absolute Gasteiger partial charge is 0.480 e. The molecular weight excluding hydrogens is 344 g/mol. The molecule has 7 nitrogen and oxygen atoms in total. The fourth-order valence-electron chi connectivity index (χ4n) is 2.68. The molecule has 0 saturated carbocycles. The van der Waals surface area contributed by atoms with Gasteiger partial charge in [0.2, 0.25) is 15.9 Å². The van der Waals surface area contributed by atoms with Crippen molar-refractivity contribution in [2.24, 2.45) is 0 Å². The Morgan fingerprint density at radius 3 is 2.40 bits per heavy atom. The van der Waals surface area contributed by atoms with Crippen LogP contribution < -0.4 is 9.62 Å². The molecule has 1 heterocycles. The van der Waals surface area contributed by atoms with Crippen LogP contribution in [-0.4, -0.2) is 43.2 Å². The van der Waals surface area contributed by atoms with Gasteiger partial charge in [-0.3, -0.25) is 9.10 Å². The van der Waals surface area contributed by atoms with Crippen LogP contribution in [0.5, 0.6) is 0 Å². The van der Waals surface area contributed by atoms with Gasteiger partial charge in [-0.25, -0.2) is 13.2 Å². The second-order valence-electron chi connectivity index (χ2n) is 6.45. The lowest BCUT2D eigenvalue weighted by atomic mass is 9.98. The molecule has 1 aliphatic heterocycles. The number of nitrogens with zero attached hydrogens (tertiary/aromatic N) is 1. The topological polar surface area (TPSA) is 104 Å². The van der Waals surface area contributed by atoms with Gasteiger partial charge in [0.05, 0.1) is 11.4 Å². The zero-order valence-corrected chi connectivity index (χ0v) is 15.3. The monoisotopic (exact) mass is 368 g/mol. The molecule has 0 bridgehead atoms. The number of amides is 1. The lowest BCUT2D eigenvalue weighted by Crippen LogP contribution is -2.51. The van der Waals surface area contributed by atoms with Crippen LogP contribution in [0.3, 0.4) is 0 Å². The summed E-state index contributed by atoms with van der Waals surface area (Å²) >= 11 is 0. The number of carbonyl (C=O) groups is 2. The molecular formula is C17H24N2O5S. The van der Waals surface area contributed by atoms with E-state index >= 15 is 0 Å². The second kappa shape index (κ2) is 7.43. The van der Waals surface area contributed by atoms with E-state index in [0.29, 0.717) is 31.5 Å². The highest BCUT2D eigenvalue weighted by Crippen LogP contribution is 2.24. The van der Waals surface area contributed by atoms with Gasteiger partial charge in [0, 0.05) is 13.0 Å². The SMILES string of the molecule is CCC(C)(NC(=O)CCc1ccc(N2CCCS2(=O)=O)cc1)C(=O)O. The molecule has 1 saturated heterocycles. The highest BCUT2D eigenvalue weighted by atomic mass is 32.2. The molecule has 25 heavy (non-hydrogen) atoms. The Kier molecular flexibility index (Phi) is 5.72. The number of hydrogen-bond donors (Lipinski definition) is 2. The third-order valence-corrected chi connectivity index (χ3v) is 6.43. The van der Waals surface area contributed by atoms with E-state index in [-0.39, 0.29) is 18.1 Å². The molecule has 1 aromatic rings. The van der Waals surface area contributed by atoms with Crippen molar-refractivity contribution in [2.75, 3.05) is 16.6 Å². The minimum atomic E-state index is -3.20. The van der Waals surface area contributed by atoms with Gasteiger partial charge in [0.15, 0.2) is 0 Å². The number of aliphatic carboxylic acids is 1. The predicted molar refractivity (Wildman–Crippen MR) is 95.0 cm³/mol. The third kappa shape index (κ3) is 4.50. The molecule has 0 aromatic heterocycles. The number of benzene rings is 1. The molecule has 1 aromatic carbocycles. The van der Waals surface area contributed by atoms with Crippen LogP contribution in [0.4, 0.5) is 5.69 Å². The van der Waals surface area contributed by atoms with Gasteiger partial charge in [-0.15, -0.1) is 0 Å². The number of nitrogens with one attached hydrogen (secondary N) is 1. The normalized spacial score (nSPS) is 18.6. The molecule has 1 atom stereocenters. The van der Waals surface area contributed by atoms with Crippen molar-refractivity contribution >= 4 is 27.6 Å². The number of aryl methyl sites for hydroxylation is 1. The van der Waals surface area contributed by atoms with Crippen LogP contribution in [0.1, 0.15) is 38.7 Å². The van der Waals surface area contributed by atoms with Crippen molar-refractivity contribution < 1.29 is 23.1 Å². The highest BCUT2D eigenvalue weighted by molar-refractivity contribution is 7.93. The smallest absolute Gasteiger partial charge is 0.329 e. The predicted octanol–water partition coefficient (Wildman–Crippen LogP) is 1.53. The fraction of sp³-hybridized carbons (Fsp3) is 0.529. The molecule has 1 unspecified atom stereocenters. The van der Waals surface area contributed by atoms with Gasteiger partial charge >= 0.3 is 5.97 Å². The third-order valence-electron chi connectivity index (χ3n) is 4.56. The zero-order valence-electron chi connectivity index (χ0n) is 14.5. The van der Waals surface area contributed by atoms with Crippen molar-refractivity contribution in [1.82, 2.24) is 5.32 Å². The Bertz CT molecular complexity index is 745. The van der Waals surface area contributed by atoms with Crippen molar-refractivity contribution in [3.05, 3.63) is 29.8 Å². The van der Waals surface area contributed by atoms with Crippen molar-refractivity contribution in [3.63, 3.8) is 0 Å². The Balaban J connectivity index is 1.94. The summed E-state index contributed by atoms with van der Waals surface area (Å²) in [6, 6.07) is 7.08. The van der Waals surface area contributed by atoms with Crippen LogP contribution in [0, 0.1) is 0 Å². The molecule has 8 heteroatoms. The van der Waals surface area contributed by atoms with Gasteiger partial charge in [-0.1, -0.05) is 19.1 Å². The van der Waals surface area contributed by atoms with Crippen LogP contribution in [0.25, 0.3) is 0 Å². The van der Waals surface area contributed by atoms with Crippen LogP contribution in [0.2, 0.25) is 0 Å². The van der Waals surface area contributed by atoms with Crippen LogP contribution in [-0.2, 0) is 26.0 Å². The molecule has 0 aliphatic carbocycles. The molecule has 1 fully saturated rings. The molecule has 2 rings (SSSR count). The molecule has 0 radical (unpaired) electrons. The average molecular weight is 368 g/mol. The summed E-state index contributed by atoms with van der Waals surface area (Å²) in [7, 11) is -3.20. The Labute approximate surface area is 148 Å². The van der Waals surface area contributed by atoms with Crippen LogP contribution >= 0.6 is 0 Å². The maximum atomic E-state index is 12.0. The number of rotatable bonds is 7. The summed E-state index contributed by atoms with van der Waals surface area (Å²) < 4.78 is 25.2. The standard InChI is InChI=1S/C17H24N2O5S/c1-3-17(2,16(21)22)18-15(20)10-7-13-5-8-14(9-6-13)19-11-4-12-25(19,23)24/h5-6,8-9H,3-4,7,10-12H2,1-2H3,(H,18,20)(H,21,22). The maximum Gasteiger partial charge on any atom is 0.329 e. The molecule has 138 valence electrons. The first-order valence-electron chi connectivity index (χ1n) is 8.32. The number of carboxylic acid groups (broad SMARTS) is 1. The Hall–Kier alpha value is -2.09. The first-order chi connectivity index (χ1) is 11.7. The summed E-state index contributed by atoms with van der Waals surface area (Å²) in [5.74, 6) is -1.20. The molecule has 1 aliphatic rings. The number of sulfonamides is 1. The van der Waals surface area contributed by atoms with E-state index in [4.69, 9.17) is 0 Å². The molecule has 2 N–H and O–H groups in total. The summed E-state index contributed by atoms with van der Waals surface area (Å²) in [4.78, 5) is 23.2. The van der Waals surface area contributed by atoms with E-state index in [9.17, 15) is 23.1 Å². The highest BCUT2D eigenvalue weighted by Gasteiger charge is 2.32. The van der Waals surface area contributed by atoms with Gasteiger partial charge in [0.1, 0.15) is 5.54 Å². The second-order valence-corrected chi connectivity index (χ2v) is 8.46. The summed E-state index contributed by atoms with van der Waals surface area (Å²) in [5, 5.41) is 11.7. The minimum Gasteiger partial charge on any atom is -0.480 e. The minimum absolute atomic E-state index is 0.171.